The van der Waals surface area contributed by atoms with Crippen molar-refractivity contribution in [2.45, 2.75) is 78.6 Å². The minimum absolute atomic E-state index is 0.172. The zero-order valence-electron chi connectivity index (χ0n) is 31.0. The Morgan fingerprint density at radius 2 is 1.06 bits per heavy atom. The molecule has 23 heteroatoms. The second-order valence-electron chi connectivity index (χ2n) is 13.2. The van der Waals surface area contributed by atoms with Crippen LogP contribution in [0.25, 0.3) is 0 Å². The highest BCUT2D eigenvalue weighted by molar-refractivity contribution is 7.86. The summed E-state index contributed by atoms with van der Waals surface area (Å²) in [5.74, 6) is 0.690. The third-order valence-corrected chi connectivity index (χ3v) is 8.38. The molecular weight excluding hydrogens is 785 g/mol. The maximum atomic E-state index is 13.5. The number of esters is 1. The molecule has 0 spiro atoms. The van der Waals surface area contributed by atoms with Gasteiger partial charge in [0.15, 0.2) is 5.75 Å². The zero-order valence-corrected chi connectivity index (χ0v) is 33.4. The van der Waals surface area contributed by atoms with Gasteiger partial charge in [0, 0.05) is 0 Å². The minimum atomic E-state index is -4.46. The van der Waals surface area contributed by atoms with Gasteiger partial charge in [-0.25, -0.2) is 14.4 Å². The summed E-state index contributed by atoms with van der Waals surface area (Å²) in [4.78, 5) is 38.5. The molecule has 0 aliphatic carbocycles. The fourth-order valence-electron chi connectivity index (χ4n) is 4.05. The number of methoxy groups -OCH3 is 1. The second kappa shape index (κ2) is 20.6. The van der Waals surface area contributed by atoms with E-state index < -0.39 is 120 Å². The molecule has 1 rings (SSSR count). The molecule has 0 saturated heterocycles. The fraction of sp³-hybridized carbons (Fsp3) is 0.645. The van der Waals surface area contributed by atoms with Gasteiger partial charge in [-0.3, -0.25) is 13.7 Å². The van der Waals surface area contributed by atoms with E-state index in [0.717, 1.165) is 7.11 Å². The van der Waals surface area contributed by atoms with Gasteiger partial charge in [-0.1, -0.05) is 11.8 Å². The first-order valence-corrected chi connectivity index (χ1v) is 20.9. The van der Waals surface area contributed by atoms with Gasteiger partial charge in [0.25, 0.3) is 30.4 Å². The van der Waals surface area contributed by atoms with Gasteiger partial charge in [-0.05, 0) is 60.8 Å². The smallest absolute Gasteiger partial charge is 0.408 e. The van der Waals surface area contributed by atoms with Crippen LogP contribution in [0.2, 0.25) is 0 Å². The predicted molar refractivity (Wildman–Crippen MR) is 192 cm³/mol. The maximum absolute atomic E-state index is 13.5. The van der Waals surface area contributed by atoms with Crippen LogP contribution in [0.4, 0.5) is 9.59 Å². The Bertz CT molecular complexity index is 1870. The first-order chi connectivity index (χ1) is 24.6. The third kappa shape index (κ3) is 20.4. The van der Waals surface area contributed by atoms with Crippen LogP contribution in [-0.2, 0) is 51.1 Å². The van der Waals surface area contributed by atoms with Crippen molar-refractivity contribution in [3.8, 4) is 29.1 Å². The van der Waals surface area contributed by atoms with Crippen LogP contribution < -0.4 is 24.8 Å². The summed E-state index contributed by atoms with van der Waals surface area (Å²) in [6.07, 6.45) is -2.77. The molecule has 0 unspecified atom stereocenters. The van der Waals surface area contributed by atoms with Gasteiger partial charge >= 0.3 is 18.2 Å². The van der Waals surface area contributed by atoms with Crippen molar-refractivity contribution in [1.82, 2.24) is 10.6 Å². The summed E-state index contributed by atoms with van der Waals surface area (Å²) in [5, 5.41) is 4.87. The first-order valence-electron chi connectivity index (χ1n) is 16.1. The summed E-state index contributed by atoms with van der Waals surface area (Å²) < 4.78 is 129. The SMILES string of the molecule is COC(=O)c1c(OCCCS(=O)(=O)O)c(C#CCNC(=O)OC(C)(C)C)c(OCCCS(=O)(=O)O)c(CNC(=O)OC(C)(C)C)c1OCCCS(=O)(=O)O. The quantitative estimate of drug-likeness (QED) is 0.0439. The van der Waals surface area contributed by atoms with Crippen molar-refractivity contribution in [2.24, 2.45) is 0 Å². The molecule has 0 saturated carbocycles. The molecule has 5 N–H and O–H groups in total. The molecule has 308 valence electrons. The molecule has 1 aromatic rings. The normalized spacial score (nSPS) is 12.1. The molecule has 20 nitrogen and oxygen atoms in total. The Balaban J connectivity index is 4.17. The molecule has 0 fully saturated rings. The number of ether oxygens (including phenoxy) is 6. The Morgan fingerprint density at radius 3 is 1.46 bits per heavy atom. The van der Waals surface area contributed by atoms with E-state index in [1.807, 2.05) is 0 Å². The standard InChI is InChI=1S/C31H48N2O18S3/c1-30(2,3)50-28(35)32-13-8-12-21-24(47-14-9-17-52(37,38)39)22(20-33-29(36)51-31(4,5)6)26(49-16-11-19-54(43,44)45)23(27(34)46-7)25(21)48-15-10-18-53(40,41)42/h9-11,13-20H2,1-7H3,(H,32,35)(H,33,36)(H,37,38,39)(H,40,41,42)(H,43,44,45). The molecular formula is C31H48N2O18S3. The van der Waals surface area contributed by atoms with E-state index in [4.69, 9.17) is 28.4 Å². The lowest BCUT2D eigenvalue weighted by molar-refractivity contribution is 0.0516. The van der Waals surface area contributed by atoms with Crippen molar-refractivity contribution in [3.63, 3.8) is 0 Å². The van der Waals surface area contributed by atoms with Gasteiger partial charge < -0.3 is 39.1 Å². The molecule has 0 radical (unpaired) electrons. The van der Waals surface area contributed by atoms with E-state index in [2.05, 4.69) is 22.5 Å². The van der Waals surface area contributed by atoms with Crippen molar-refractivity contribution < 1.29 is 81.7 Å². The lowest BCUT2D eigenvalue weighted by Crippen LogP contribution is -2.32. The van der Waals surface area contributed by atoms with E-state index in [9.17, 15) is 53.3 Å². The number of carbonyl (C=O) groups is 3. The second-order valence-corrected chi connectivity index (χ2v) is 17.9. The van der Waals surface area contributed by atoms with Gasteiger partial charge in [0.1, 0.15) is 33.8 Å². The Kier molecular flexibility index (Phi) is 18.3. The molecule has 0 aliphatic rings. The van der Waals surface area contributed by atoms with Crippen LogP contribution in [0, 0.1) is 11.8 Å². The summed E-state index contributed by atoms with van der Waals surface area (Å²) in [6.45, 7) is 7.28. The lowest BCUT2D eigenvalue weighted by atomic mass is 9.99. The average Bonchev–Trinajstić information content (AvgIpc) is 2.98. The summed E-state index contributed by atoms with van der Waals surface area (Å²) >= 11 is 0. The van der Waals surface area contributed by atoms with Crippen molar-refractivity contribution in [3.05, 3.63) is 16.7 Å². The van der Waals surface area contributed by atoms with E-state index >= 15 is 0 Å². The topological polar surface area (TPSA) is 294 Å². The third-order valence-electron chi connectivity index (χ3n) is 5.97. The fourth-order valence-corrected chi connectivity index (χ4v) is 5.49. The van der Waals surface area contributed by atoms with E-state index in [1.165, 1.54) is 0 Å². The van der Waals surface area contributed by atoms with E-state index in [1.54, 1.807) is 41.5 Å². The highest BCUT2D eigenvalue weighted by Gasteiger charge is 2.32. The number of carbonyl (C=O) groups excluding carboxylic acids is 3. The summed E-state index contributed by atoms with van der Waals surface area (Å²) in [5.41, 5.74) is -2.80. The Labute approximate surface area is 315 Å². The average molecular weight is 833 g/mol. The minimum Gasteiger partial charge on any atom is -0.492 e. The molecule has 2 amide bonds. The summed E-state index contributed by atoms with van der Waals surface area (Å²) in [6, 6.07) is 0. The lowest BCUT2D eigenvalue weighted by Gasteiger charge is -2.25. The van der Waals surface area contributed by atoms with Gasteiger partial charge in [-0.15, -0.1) is 0 Å². The predicted octanol–water partition coefficient (Wildman–Crippen LogP) is 2.34. The molecule has 0 bridgehead atoms. The largest absolute Gasteiger partial charge is 0.492 e. The molecule has 0 aromatic heterocycles. The highest BCUT2D eigenvalue weighted by atomic mass is 32.2. The Morgan fingerprint density at radius 1 is 0.648 bits per heavy atom. The van der Waals surface area contributed by atoms with Gasteiger partial charge in [0.05, 0.1) is 62.8 Å². The summed E-state index contributed by atoms with van der Waals surface area (Å²) in [7, 11) is -12.4. The molecule has 1 aromatic carbocycles. The van der Waals surface area contributed by atoms with Crippen molar-refractivity contribution in [2.75, 3.05) is 50.7 Å². The van der Waals surface area contributed by atoms with Crippen molar-refractivity contribution in [1.29, 1.82) is 0 Å². The molecule has 0 aliphatic heterocycles. The molecule has 0 heterocycles. The van der Waals surface area contributed by atoms with E-state index in [0.29, 0.717) is 0 Å². The number of hydrogen-bond acceptors (Lipinski definition) is 15. The van der Waals surface area contributed by atoms with E-state index in [-0.39, 0.29) is 42.7 Å². The number of rotatable bonds is 19. The maximum Gasteiger partial charge on any atom is 0.408 e. The Hall–Kier alpha value is -4.08. The molecule has 0 atom stereocenters. The zero-order chi connectivity index (χ0) is 41.5. The van der Waals surface area contributed by atoms with Crippen LogP contribution >= 0.6 is 0 Å². The van der Waals surface area contributed by atoms with Crippen LogP contribution in [0.15, 0.2) is 0 Å². The number of alkyl carbamates (subject to hydrolysis) is 2. The van der Waals surface area contributed by atoms with Crippen LogP contribution in [0.1, 0.15) is 82.3 Å². The van der Waals surface area contributed by atoms with Gasteiger partial charge in [-0.2, -0.15) is 25.3 Å². The van der Waals surface area contributed by atoms with Crippen LogP contribution in [-0.4, -0.2) is 119 Å². The van der Waals surface area contributed by atoms with Crippen molar-refractivity contribution >= 4 is 48.5 Å². The number of nitrogens with one attached hydrogen (secondary N) is 2. The number of benzene rings is 1. The number of amides is 2. The number of hydrogen-bond donors (Lipinski definition) is 5. The van der Waals surface area contributed by atoms with Gasteiger partial charge in [0.2, 0.25) is 0 Å². The highest BCUT2D eigenvalue weighted by Crippen LogP contribution is 2.44. The first kappa shape index (κ1) is 47.9. The van der Waals surface area contributed by atoms with Crippen LogP contribution in [0.5, 0.6) is 17.2 Å². The van der Waals surface area contributed by atoms with Crippen LogP contribution in [0.3, 0.4) is 0 Å². The molecule has 54 heavy (non-hydrogen) atoms. The monoisotopic (exact) mass is 832 g/mol.